The molecule has 0 atom stereocenters. The number of nitrogens with zero attached hydrogens (tertiary/aromatic N) is 3. The number of hydrogen-bond donors (Lipinski definition) is 0. The first-order valence-electron chi connectivity index (χ1n) is 5.28. The molecule has 6 heteroatoms. The molecule has 0 unspecified atom stereocenters. The number of rotatable bonds is 4. The van der Waals surface area contributed by atoms with Gasteiger partial charge in [-0.3, -0.25) is 4.90 Å². The van der Waals surface area contributed by atoms with Crippen LogP contribution in [0.15, 0.2) is 10.8 Å². The Kier molecular flexibility index (Phi) is 4.37. The van der Waals surface area contributed by atoms with Gasteiger partial charge in [-0.05, 0) is 41.9 Å². The van der Waals surface area contributed by atoms with E-state index in [1.807, 2.05) is 0 Å². The third-order valence-electron chi connectivity index (χ3n) is 2.56. The van der Waals surface area contributed by atoms with Gasteiger partial charge in [0.1, 0.15) is 17.4 Å². The highest BCUT2D eigenvalue weighted by molar-refractivity contribution is 9.10. The zero-order valence-electron chi connectivity index (χ0n) is 8.83. The third-order valence-corrected chi connectivity index (χ3v) is 3.79. The highest BCUT2D eigenvalue weighted by Gasteiger charge is 2.12. The second kappa shape index (κ2) is 5.80. The first-order chi connectivity index (χ1) is 7.77. The third kappa shape index (κ3) is 3.06. The summed E-state index contributed by atoms with van der Waals surface area (Å²) in [5, 5.41) is 0.381. The van der Waals surface area contributed by atoms with Gasteiger partial charge in [-0.2, -0.15) is 0 Å². The van der Waals surface area contributed by atoms with Crippen molar-refractivity contribution in [1.82, 2.24) is 14.9 Å². The molecule has 2 heterocycles. The van der Waals surface area contributed by atoms with Crippen LogP contribution in [0.25, 0.3) is 0 Å². The van der Waals surface area contributed by atoms with E-state index in [1.54, 1.807) is 0 Å². The van der Waals surface area contributed by atoms with E-state index >= 15 is 0 Å². The molecule has 1 saturated heterocycles. The second-order valence-corrected chi connectivity index (χ2v) is 4.83. The average molecular weight is 307 g/mol. The topological polar surface area (TPSA) is 38.3 Å². The van der Waals surface area contributed by atoms with Gasteiger partial charge < -0.3 is 4.74 Å². The second-order valence-electron chi connectivity index (χ2n) is 3.68. The lowest BCUT2D eigenvalue weighted by atomic mass is 10.4. The molecule has 0 N–H and O–H groups in total. The van der Waals surface area contributed by atoms with Crippen molar-refractivity contribution in [2.45, 2.75) is 12.8 Å². The average Bonchev–Trinajstić information content (AvgIpc) is 2.77. The minimum absolute atomic E-state index is 0.381. The maximum atomic E-state index is 5.83. The number of aromatic nitrogens is 2. The Morgan fingerprint density at radius 3 is 2.88 bits per heavy atom. The van der Waals surface area contributed by atoms with Crippen molar-refractivity contribution < 1.29 is 4.74 Å². The molecule has 0 amide bonds. The summed E-state index contributed by atoms with van der Waals surface area (Å²) < 4.78 is 6.18. The van der Waals surface area contributed by atoms with E-state index < -0.39 is 0 Å². The Bertz CT molecular complexity index is 358. The molecule has 1 fully saturated rings. The molecular weight excluding hydrogens is 293 g/mol. The monoisotopic (exact) mass is 305 g/mol. The van der Waals surface area contributed by atoms with Crippen LogP contribution in [0.2, 0.25) is 5.15 Å². The number of halogens is 2. The molecule has 0 spiro atoms. The van der Waals surface area contributed by atoms with Crippen molar-refractivity contribution in [3.63, 3.8) is 0 Å². The molecule has 0 bridgehead atoms. The van der Waals surface area contributed by atoms with E-state index in [9.17, 15) is 0 Å². The van der Waals surface area contributed by atoms with Crippen LogP contribution in [0.3, 0.4) is 0 Å². The molecule has 0 radical (unpaired) electrons. The normalized spacial score (nSPS) is 16.6. The van der Waals surface area contributed by atoms with E-state index in [2.05, 4.69) is 30.8 Å². The molecule has 0 aliphatic carbocycles. The molecule has 88 valence electrons. The van der Waals surface area contributed by atoms with Gasteiger partial charge in [-0.25, -0.2) is 9.97 Å². The molecule has 1 aliphatic heterocycles. The summed E-state index contributed by atoms with van der Waals surface area (Å²) in [6.07, 6.45) is 3.99. The van der Waals surface area contributed by atoms with Gasteiger partial charge in [0.15, 0.2) is 5.15 Å². The predicted octanol–water partition coefficient (Wildman–Crippen LogP) is 2.37. The van der Waals surface area contributed by atoms with Crippen molar-refractivity contribution in [3.8, 4) is 5.88 Å². The summed E-state index contributed by atoms with van der Waals surface area (Å²) >= 11 is 9.13. The van der Waals surface area contributed by atoms with Crippen molar-refractivity contribution in [1.29, 1.82) is 0 Å². The summed E-state index contributed by atoms with van der Waals surface area (Å²) in [5.74, 6) is 0.513. The van der Waals surface area contributed by atoms with Crippen LogP contribution in [-0.4, -0.2) is 41.1 Å². The standard InChI is InChI=1S/C10H13BrClN3O/c11-8-9(12)13-7-14-10(8)16-6-5-15-3-1-2-4-15/h7H,1-6H2. The van der Waals surface area contributed by atoms with Crippen molar-refractivity contribution in [3.05, 3.63) is 16.0 Å². The van der Waals surface area contributed by atoms with Gasteiger partial charge in [0, 0.05) is 6.54 Å². The lowest BCUT2D eigenvalue weighted by Crippen LogP contribution is -2.25. The summed E-state index contributed by atoms with van der Waals surface area (Å²) in [7, 11) is 0. The molecular formula is C10H13BrClN3O. The predicted molar refractivity (Wildman–Crippen MR) is 65.9 cm³/mol. The molecule has 1 aromatic heterocycles. The minimum atomic E-state index is 0.381. The van der Waals surface area contributed by atoms with E-state index in [1.165, 1.54) is 32.3 Å². The Balaban J connectivity index is 1.82. The number of ether oxygens (including phenoxy) is 1. The fourth-order valence-electron chi connectivity index (χ4n) is 1.71. The largest absolute Gasteiger partial charge is 0.475 e. The highest BCUT2D eigenvalue weighted by atomic mass is 79.9. The van der Waals surface area contributed by atoms with Gasteiger partial charge in [-0.15, -0.1) is 0 Å². The Morgan fingerprint density at radius 2 is 2.12 bits per heavy atom. The zero-order valence-corrected chi connectivity index (χ0v) is 11.2. The van der Waals surface area contributed by atoms with E-state index in [-0.39, 0.29) is 0 Å². The summed E-state index contributed by atoms with van der Waals surface area (Å²) in [6, 6.07) is 0. The molecule has 2 rings (SSSR count). The Hall–Kier alpha value is -0.390. The lowest BCUT2D eigenvalue weighted by Gasteiger charge is -2.14. The quantitative estimate of drug-likeness (QED) is 0.801. The van der Waals surface area contributed by atoms with E-state index in [0.717, 1.165) is 6.54 Å². The molecule has 0 saturated carbocycles. The van der Waals surface area contributed by atoms with Crippen molar-refractivity contribution >= 4 is 27.5 Å². The van der Waals surface area contributed by atoms with Gasteiger partial charge >= 0.3 is 0 Å². The molecule has 1 aromatic rings. The molecule has 0 aromatic carbocycles. The summed E-state index contributed by atoms with van der Waals surface area (Å²) in [6.45, 7) is 3.92. The van der Waals surface area contributed by atoms with Crippen LogP contribution >= 0.6 is 27.5 Å². The Labute approximate surface area is 108 Å². The van der Waals surface area contributed by atoms with Crippen LogP contribution in [0, 0.1) is 0 Å². The van der Waals surface area contributed by atoms with Crippen LogP contribution in [0.4, 0.5) is 0 Å². The number of likely N-dealkylation sites (tertiary alicyclic amines) is 1. The Morgan fingerprint density at radius 1 is 1.38 bits per heavy atom. The van der Waals surface area contributed by atoms with Crippen molar-refractivity contribution in [2.24, 2.45) is 0 Å². The maximum absolute atomic E-state index is 5.83. The molecule has 1 aliphatic rings. The van der Waals surface area contributed by atoms with E-state index in [4.69, 9.17) is 16.3 Å². The minimum Gasteiger partial charge on any atom is -0.475 e. The highest BCUT2D eigenvalue weighted by Crippen LogP contribution is 2.27. The van der Waals surface area contributed by atoms with Crippen LogP contribution in [0.1, 0.15) is 12.8 Å². The summed E-state index contributed by atoms with van der Waals surface area (Å²) in [4.78, 5) is 10.2. The van der Waals surface area contributed by atoms with Crippen molar-refractivity contribution in [2.75, 3.05) is 26.2 Å². The van der Waals surface area contributed by atoms with Crippen LogP contribution < -0.4 is 4.74 Å². The lowest BCUT2D eigenvalue weighted by molar-refractivity contribution is 0.230. The van der Waals surface area contributed by atoms with E-state index in [0.29, 0.717) is 22.1 Å². The summed E-state index contributed by atoms with van der Waals surface area (Å²) in [5.41, 5.74) is 0. The molecule has 16 heavy (non-hydrogen) atoms. The van der Waals surface area contributed by atoms with Gasteiger partial charge in [-0.1, -0.05) is 11.6 Å². The smallest absolute Gasteiger partial charge is 0.232 e. The fourth-order valence-corrected chi connectivity index (χ4v) is 2.16. The van der Waals surface area contributed by atoms with Gasteiger partial charge in [0.2, 0.25) is 5.88 Å². The number of hydrogen-bond acceptors (Lipinski definition) is 4. The van der Waals surface area contributed by atoms with Gasteiger partial charge in [0.05, 0.1) is 0 Å². The first kappa shape index (κ1) is 12.1. The molecule has 4 nitrogen and oxygen atoms in total. The maximum Gasteiger partial charge on any atom is 0.232 e. The fraction of sp³-hybridized carbons (Fsp3) is 0.600. The first-order valence-corrected chi connectivity index (χ1v) is 6.45. The SMILES string of the molecule is Clc1ncnc(OCCN2CCCC2)c1Br. The van der Waals surface area contributed by atoms with Crippen LogP contribution in [0.5, 0.6) is 5.88 Å². The zero-order chi connectivity index (χ0) is 11.4. The van der Waals surface area contributed by atoms with Gasteiger partial charge in [0.25, 0.3) is 0 Å². The van der Waals surface area contributed by atoms with Crippen LogP contribution in [-0.2, 0) is 0 Å².